The largest absolute Gasteiger partial charge is 0.497 e. The molecule has 174 valence electrons. The van der Waals surface area contributed by atoms with E-state index >= 15 is 0 Å². The maximum Gasteiger partial charge on any atom is 0.328 e. The summed E-state index contributed by atoms with van der Waals surface area (Å²) in [6.45, 7) is 10.2. The molecular formula is C27H31NO5. The van der Waals surface area contributed by atoms with E-state index in [0.29, 0.717) is 17.2 Å². The fourth-order valence-corrected chi connectivity index (χ4v) is 3.07. The molecule has 0 bridgehead atoms. The zero-order valence-corrected chi connectivity index (χ0v) is 20.0. The number of hydrogen-bond acceptors (Lipinski definition) is 5. The van der Waals surface area contributed by atoms with Gasteiger partial charge in [-0.1, -0.05) is 48.9 Å². The lowest BCUT2D eigenvalue weighted by Crippen LogP contribution is -1.98. The van der Waals surface area contributed by atoms with Gasteiger partial charge in [0.1, 0.15) is 23.8 Å². The number of hydrogen-bond donors (Lipinski definition) is 1. The van der Waals surface area contributed by atoms with E-state index in [2.05, 4.69) is 5.16 Å². The van der Waals surface area contributed by atoms with Crippen LogP contribution in [0.5, 0.6) is 11.5 Å². The van der Waals surface area contributed by atoms with Gasteiger partial charge in [-0.2, -0.15) is 0 Å². The smallest absolute Gasteiger partial charge is 0.328 e. The first-order valence-corrected chi connectivity index (χ1v) is 10.8. The van der Waals surface area contributed by atoms with Gasteiger partial charge in [0.2, 0.25) is 0 Å². The highest BCUT2D eigenvalue weighted by atomic mass is 16.5. The Kier molecular flexibility index (Phi) is 9.48. The Morgan fingerprint density at radius 1 is 1.12 bits per heavy atom. The molecule has 33 heavy (non-hydrogen) atoms. The molecule has 0 amide bonds. The highest BCUT2D eigenvalue weighted by Gasteiger charge is 2.19. The van der Waals surface area contributed by atoms with Crippen LogP contribution in [-0.4, -0.2) is 23.3 Å². The molecule has 1 aromatic heterocycles. The molecule has 0 aliphatic carbocycles. The van der Waals surface area contributed by atoms with Gasteiger partial charge >= 0.3 is 5.97 Å². The number of aromatic nitrogens is 1. The number of nitrogens with zero attached hydrogens (tertiary/aromatic N) is 1. The van der Waals surface area contributed by atoms with E-state index in [1.54, 1.807) is 19.2 Å². The van der Waals surface area contributed by atoms with Gasteiger partial charge in [-0.25, -0.2) is 4.79 Å². The monoisotopic (exact) mass is 449 g/mol. The Morgan fingerprint density at radius 2 is 1.88 bits per heavy atom. The van der Waals surface area contributed by atoms with Crippen molar-refractivity contribution in [3.8, 4) is 22.8 Å². The fraction of sp³-hybridized carbons (Fsp3) is 0.259. The first-order valence-electron chi connectivity index (χ1n) is 10.8. The summed E-state index contributed by atoms with van der Waals surface area (Å²) in [5.74, 6) is 1.01. The quantitative estimate of drug-likeness (QED) is 0.382. The van der Waals surface area contributed by atoms with Gasteiger partial charge in [-0.05, 0) is 62.2 Å². The van der Waals surface area contributed by atoms with Crippen molar-refractivity contribution < 1.29 is 23.9 Å². The van der Waals surface area contributed by atoms with Gasteiger partial charge in [0.15, 0.2) is 5.76 Å². The molecular weight excluding hydrogens is 418 g/mol. The van der Waals surface area contributed by atoms with Gasteiger partial charge in [-0.15, -0.1) is 0 Å². The van der Waals surface area contributed by atoms with Crippen LogP contribution in [0.3, 0.4) is 0 Å². The van der Waals surface area contributed by atoms with Gasteiger partial charge in [-0.3, -0.25) is 0 Å². The molecule has 0 aliphatic rings. The molecule has 0 spiro atoms. The molecule has 1 heterocycles. The number of carbonyl (C=O) groups is 1. The Balaban J connectivity index is 0.00000187. The van der Waals surface area contributed by atoms with Crippen LogP contribution < -0.4 is 9.47 Å². The predicted molar refractivity (Wildman–Crippen MR) is 131 cm³/mol. The lowest BCUT2D eigenvalue weighted by atomic mass is 10.0. The van der Waals surface area contributed by atoms with Crippen LogP contribution in [0.15, 0.2) is 58.6 Å². The highest BCUT2D eigenvalue weighted by Crippen LogP contribution is 2.33. The second-order valence-corrected chi connectivity index (χ2v) is 7.31. The molecule has 0 unspecified atom stereocenters. The molecule has 1 N–H and O–H groups in total. The van der Waals surface area contributed by atoms with E-state index in [1.165, 1.54) is 6.08 Å². The second kappa shape index (κ2) is 12.3. The highest BCUT2D eigenvalue weighted by molar-refractivity contribution is 5.85. The van der Waals surface area contributed by atoms with Crippen LogP contribution in [0.4, 0.5) is 0 Å². The second-order valence-electron chi connectivity index (χ2n) is 7.31. The minimum absolute atomic E-state index is 0.206. The topological polar surface area (TPSA) is 81.8 Å². The lowest BCUT2D eigenvalue weighted by Gasteiger charge is -2.08. The van der Waals surface area contributed by atoms with E-state index in [9.17, 15) is 4.79 Å². The number of ether oxygens (including phenoxy) is 2. The number of aliphatic carboxylic acids is 1. The SMILES string of the molecule is CC.COc1ccc(C)c(-c2onc(COc3cccc(/C=C\C(=O)O)c3)c2C=C(C)C)c1. The van der Waals surface area contributed by atoms with Gasteiger partial charge < -0.3 is 19.1 Å². The normalized spacial score (nSPS) is 10.4. The summed E-state index contributed by atoms with van der Waals surface area (Å²) >= 11 is 0. The molecule has 2 aromatic carbocycles. The Labute approximate surface area is 195 Å². The zero-order chi connectivity index (χ0) is 24.4. The van der Waals surface area contributed by atoms with E-state index in [4.69, 9.17) is 19.1 Å². The summed E-state index contributed by atoms with van der Waals surface area (Å²) in [6.07, 6.45) is 4.63. The van der Waals surface area contributed by atoms with Crippen molar-refractivity contribution in [3.63, 3.8) is 0 Å². The minimum atomic E-state index is -0.999. The van der Waals surface area contributed by atoms with Crippen molar-refractivity contribution in [2.24, 2.45) is 0 Å². The molecule has 0 saturated heterocycles. The van der Waals surface area contributed by atoms with Crippen molar-refractivity contribution in [2.45, 2.75) is 41.2 Å². The number of benzene rings is 2. The van der Waals surface area contributed by atoms with Crippen molar-refractivity contribution in [3.05, 3.63) is 76.5 Å². The fourth-order valence-electron chi connectivity index (χ4n) is 3.07. The Hall–Kier alpha value is -3.80. The number of aryl methyl sites for hydroxylation is 1. The average Bonchev–Trinajstić information content (AvgIpc) is 3.19. The van der Waals surface area contributed by atoms with E-state index in [0.717, 1.165) is 39.7 Å². The van der Waals surface area contributed by atoms with E-state index in [1.807, 2.05) is 71.0 Å². The average molecular weight is 450 g/mol. The summed E-state index contributed by atoms with van der Waals surface area (Å²) in [7, 11) is 1.63. The van der Waals surface area contributed by atoms with Crippen LogP contribution >= 0.6 is 0 Å². The third-order valence-electron chi connectivity index (χ3n) is 4.58. The summed E-state index contributed by atoms with van der Waals surface area (Å²) in [5.41, 5.74) is 5.32. The number of allylic oxidation sites excluding steroid dienone is 1. The molecule has 3 aromatic rings. The van der Waals surface area contributed by atoms with Crippen molar-refractivity contribution in [2.75, 3.05) is 7.11 Å². The Bertz CT molecular complexity index is 1140. The summed E-state index contributed by atoms with van der Waals surface area (Å²) in [6, 6.07) is 13.0. The number of rotatable bonds is 8. The van der Waals surface area contributed by atoms with Crippen LogP contribution in [0, 0.1) is 6.92 Å². The molecule has 0 aliphatic heterocycles. The molecule has 0 radical (unpaired) electrons. The first kappa shape index (κ1) is 25.5. The molecule has 3 rings (SSSR count). The molecule has 0 atom stereocenters. The van der Waals surface area contributed by atoms with Crippen molar-refractivity contribution >= 4 is 18.1 Å². The molecule has 0 fully saturated rings. The lowest BCUT2D eigenvalue weighted by molar-refractivity contribution is -0.131. The van der Waals surface area contributed by atoms with Crippen LogP contribution in [-0.2, 0) is 11.4 Å². The summed E-state index contributed by atoms with van der Waals surface area (Å²) < 4.78 is 17.0. The van der Waals surface area contributed by atoms with Gasteiger partial charge in [0, 0.05) is 17.2 Å². The maximum absolute atomic E-state index is 10.7. The maximum atomic E-state index is 10.7. The summed E-state index contributed by atoms with van der Waals surface area (Å²) in [5, 5.41) is 13.1. The van der Waals surface area contributed by atoms with Gasteiger partial charge in [0.05, 0.1) is 7.11 Å². The number of carboxylic acid groups (broad SMARTS) is 1. The van der Waals surface area contributed by atoms with Gasteiger partial charge in [0.25, 0.3) is 0 Å². The molecule has 6 heteroatoms. The zero-order valence-electron chi connectivity index (χ0n) is 20.0. The summed E-state index contributed by atoms with van der Waals surface area (Å²) in [4.78, 5) is 10.7. The van der Waals surface area contributed by atoms with Crippen LogP contribution in [0.2, 0.25) is 0 Å². The third kappa shape index (κ3) is 7.10. The third-order valence-corrected chi connectivity index (χ3v) is 4.58. The van der Waals surface area contributed by atoms with E-state index < -0.39 is 5.97 Å². The van der Waals surface area contributed by atoms with Crippen LogP contribution in [0.1, 0.15) is 50.1 Å². The minimum Gasteiger partial charge on any atom is -0.497 e. The standard InChI is InChI=1S/C25H25NO5.C2H6/c1-16(2)12-22-23(15-30-20-7-5-6-18(13-20)9-11-24(27)28)26-31-25(22)21-14-19(29-4)10-8-17(21)3;1-2/h5-14H,15H2,1-4H3,(H,27,28);1-2H3/b11-9-;. The van der Waals surface area contributed by atoms with E-state index in [-0.39, 0.29) is 6.61 Å². The Morgan fingerprint density at radius 3 is 2.55 bits per heavy atom. The van der Waals surface area contributed by atoms with Crippen LogP contribution in [0.25, 0.3) is 23.5 Å². The first-order chi connectivity index (χ1) is 15.9. The molecule has 6 nitrogen and oxygen atoms in total. The number of carboxylic acids is 1. The van der Waals surface area contributed by atoms with Crippen molar-refractivity contribution in [1.29, 1.82) is 0 Å². The van der Waals surface area contributed by atoms with Crippen molar-refractivity contribution in [1.82, 2.24) is 5.16 Å². The predicted octanol–water partition coefficient (Wildman–Crippen LogP) is 6.78. The number of methoxy groups -OCH3 is 1. The molecule has 0 saturated carbocycles.